The van der Waals surface area contributed by atoms with Crippen molar-refractivity contribution in [1.29, 1.82) is 0 Å². The number of carbonyl (C=O) groups excluding carboxylic acids is 2. The molecule has 3 rings (SSSR count). The van der Waals surface area contributed by atoms with E-state index in [1.165, 1.54) is 10.8 Å². The lowest BCUT2D eigenvalue weighted by atomic mass is 10.2. The lowest BCUT2D eigenvalue weighted by Gasteiger charge is -2.12. The van der Waals surface area contributed by atoms with Gasteiger partial charge in [0, 0.05) is 5.02 Å². The molecule has 10 heteroatoms. The number of ether oxygens (including phenoxy) is 1. The summed E-state index contributed by atoms with van der Waals surface area (Å²) in [6.07, 6.45) is 0.688. The zero-order chi connectivity index (χ0) is 20.1. The molecule has 0 spiro atoms. The van der Waals surface area contributed by atoms with Crippen LogP contribution in [0.2, 0.25) is 5.02 Å². The third kappa shape index (κ3) is 4.73. The van der Waals surface area contributed by atoms with Crippen LogP contribution in [-0.2, 0) is 16.1 Å². The molecule has 8 nitrogen and oxygen atoms in total. The highest BCUT2D eigenvalue weighted by Crippen LogP contribution is 2.21. The van der Waals surface area contributed by atoms with E-state index >= 15 is 0 Å². The van der Waals surface area contributed by atoms with Gasteiger partial charge >= 0.3 is 6.09 Å². The molecule has 0 saturated carbocycles. The van der Waals surface area contributed by atoms with E-state index in [0.29, 0.717) is 26.8 Å². The molecule has 0 aliphatic carbocycles. The fourth-order valence-electron chi connectivity index (χ4n) is 2.43. The molecule has 0 saturated heterocycles. The summed E-state index contributed by atoms with van der Waals surface area (Å²) >= 11 is 7.03. The minimum Gasteiger partial charge on any atom is -0.467 e. The number of hydrogen-bond donors (Lipinski definition) is 1. The Hall–Kier alpha value is -2.78. The van der Waals surface area contributed by atoms with Gasteiger partial charge in [-0.15, -0.1) is 0 Å². The summed E-state index contributed by atoms with van der Waals surface area (Å²) in [4.78, 5) is 40.7. The summed E-state index contributed by atoms with van der Waals surface area (Å²) in [7, 11) is 0. The van der Waals surface area contributed by atoms with Gasteiger partial charge < -0.3 is 9.15 Å². The molecule has 28 heavy (non-hydrogen) atoms. The number of hydrogen-bond acceptors (Lipinski definition) is 7. The van der Waals surface area contributed by atoms with Crippen LogP contribution in [0.1, 0.15) is 12.7 Å². The number of nitrogens with zero attached hydrogens (tertiary/aromatic N) is 2. The first-order valence-electron chi connectivity index (χ1n) is 8.30. The number of imide groups is 1. The van der Waals surface area contributed by atoms with Crippen LogP contribution in [0.15, 0.2) is 51.0 Å². The number of thioether (sulfide) groups is 1. The molecule has 0 aliphatic heterocycles. The van der Waals surface area contributed by atoms with E-state index in [2.05, 4.69) is 15.0 Å². The molecule has 2 amide bonds. The van der Waals surface area contributed by atoms with Gasteiger partial charge in [0.25, 0.3) is 5.56 Å². The largest absolute Gasteiger partial charge is 0.467 e. The Morgan fingerprint density at radius 1 is 1.36 bits per heavy atom. The molecule has 0 bridgehead atoms. The van der Waals surface area contributed by atoms with Crippen molar-refractivity contribution in [1.82, 2.24) is 14.9 Å². The van der Waals surface area contributed by atoms with Gasteiger partial charge in [0.2, 0.25) is 5.91 Å². The van der Waals surface area contributed by atoms with Crippen LogP contribution < -0.4 is 10.9 Å². The van der Waals surface area contributed by atoms with Gasteiger partial charge in [0.05, 0.1) is 36.1 Å². The first kappa shape index (κ1) is 20.0. The van der Waals surface area contributed by atoms with Crippen LogP contribution in [-0.4, -0.2) is 33.9 Å². The maximum absolute atomic E-state index is 12.9. The topological polar surface area (TPSA) is 103 Å². The van der Waals surface area contributed by atoms with Gasteiger partial charge in [0.15, 0.2) is 5.16 Å². The predicted octanol–water partition coefficient (Wildman–Crippen LogP) is 3.06. The Balaban J connectivity index is 1.91. The number of halogens is 1. The van der Waals surface area contributed by atoms with E-state index < -0.39 is 12.0 Å². The highest BCUT2D eigenvalue weighted by molar-refractivity contribution is 7.99. The quantitative estimate of drug-likeness (QED) is 0.481. The minimum atomic E-state index is -0.820. The Labute approximate surface area is 168 Å². The highest BCUT2D eigenvalue weighted by atomic mass is 35.5. The van der Waals surface area contributed by atoms with Crippen LogP contribution in [0, 0.1) is 0 Å². The fourth-order valence-corrected chi connectivity index (χ4v) is 3.39. The fraction of sp³-hybridized carbons (Fsp3) is 0.222. The molecule has 3 aromatic rings. The number of fused-ring (bicyclic) bond motifs is 1. The standard InChI is InChI=1S/C18H16ClN3O5S/c1-2-26-18(25)21-15(23)10-28-17-20-14-8-11(19)5-6-13(14)16(24)22(17)9-12-4-3-7-27-12/h3-8H,2,9-10H2,1H3,(H,21,23,25). The van der Waals surface area contributed by atoms with Crippen molar-refractivity contribution in [2.24, 2.45) is 0 Å². The van der Waals surface area contributed by atoms with Gasteiger partial charge in [-0.25, -0.2) is 9.78 Å². The Kier molecular flexibility index (Phi) is 6.37. The molecule has 146 valence electrons. The molecule has 0 radical (unpaired) electrons. The SMILES string of the molecule is CCOC(=O)NC(=O)CSc1nc2cc(Cl)ccc2c(=O)n1Cc1ccco1. The summed E-state index contributed by atoms with van der Waals surface area (Å²) in [6.45, 7) is 1.94. The second kappa shape index (κ2) is 8.94. The van der Waals surface area contributed by atoms with E-state index in [1.807, 2.05) is 0 Å². The molecule has 0 aliphatic rings. The number of rotatable bonds is 6. The lowest BCUT2D eigenvalue weighted by Crippen LogP contribution is -2.32. The van der Waals surface area contributed by atoms with Crippen LogP contribution in [0.3, 0.4) is 0 Å². The summed E-state index contributed by atoms with van der Waals surface area (Å²) < 4.78 is 11.4. The molecule has 2 aromatic heterocycles. The number of nitrogens with one attached hydrogen (secondary N) is 1. The second-order valence-electron chi connectivity index (χ2n) is 5.58. The van der Waals surface area contributed by atoms with Crippen molar-refractivity contribution in [2.45, 2.75) is 18.6 Å². The van der Waals surface area contributed by atoms with Gasteiger partial charge in [-0.3, -0.25) is 19.5 Å². The van der Waals surface area contributed by atoms with Crippen LogP contribution >= 0.6 is 23.4 Å². The smallest absolute Gasteiger partial charge is 0.413 e. The zero-order valence-corrected chi connectivity index (χ0v) is 16.4. The number of furan rings is 1. The average Bonchev–Trinajstić information content (AvgIpc) is 3.16. The molecular weight excluding hydrogens is 406 g/mol. The summed E-state index contributed by atoms with van der Waals surface area (Å²) in [5.41, 5.74) is 0.132. The Morgan fingerprint density at radius 3 is 2.89 bits per heavy atom. The van der Waals surface area contributed by atoms with Crippen molar-refractivity contribution in [2.75, 3.05) is 12.4 Å². The minimum absolute atomic E-state index is 0.129. The summed E-state index contributed by atoms with van der Waals surface area (Å²) in [5, 5.41) is 3.25. The molecule has 0 fully saturated rings. The number of benzene rings is 1. The summed E-state index contributed by atoms with van der Waals surface area (Å²) in [6, 6.07) is 8.25. The van der Waals surface area contributed by atoms with Crippen molar-refractivity contribution >= 4 is 46.3 Å². The Bertz CT molecular complexity index is 1070. The van der Waals surface area contributed by atoms with E-state index in [1.54, 1.807) is 37.3 Å². The Morgan fingerprint density at radius 2 is 2.18 bits per heavy atom. The molecule has 0 unspecified atom stereocenters. The van der Waals surface area contributed by atoms with E-state index in [4.69, 9.17) is 16.0 Å². The molecule has 1 N–H and O–H groups in total. The number of carbonyl (C=O) groups is 2. The maximum Gasteiger partial charge on any atom is 0.413 e. The first-order valence-corrected chi connectivity index (χ1v) is 9.66. The highest BCUT2D eigenvalue weighted by Gasteiger charge is 2.16. The van der Waals surface area contributed by atoms with E-state index in [0.717, 1.165) is 11.8 Å². The first-order chi connectivity index (χ1) is 13.5. The van der Waals surface area contributed by atoms with Gasteiger partial charge in [-0.2, -0.15) is 0 Å². The molecule has 2 heterocycles. The molecule has 0 atom stereocenters. The summed E-state index contributed by atoms with van der Waals surface area (Å²) in [5.74, 6) is -0.126. The van der Waals surface area contributed by atoms with Crippen molar-refractivity contribution < 1.29 is 18.7 Å². The number of amides is 2. The molecule has 1 aromatic carbocycles. The number of alkyl carbamates (subject to hydrolysis) is 1. The van der Waals surface area contributed by atoms with E-state index in [9.17, 15) is 14.4 Å². The van der Waals surface area contributed by atoms with Gasteiger partial charge in [-0.1, -0.05) is 23.4 Å². The van der Waals surface area contributed by atoms with Crippen molar-refractivity contribution in [3.05, 3.63) is 57.7 Å². The van der Waals surface area contributed by atoms with Crippen LogP contribution in [0.25, 0.3) is 10.9 Å². The average molecular weight is 422 g/mol. The third-order valence-electron chi connectivity index (χ3n) is 3.63. The van der Waals surface area contributed by atoms with Crippen LogP contribution in [0.4, 0.5) is 4.79 Å². The zero-order valence-electron chi connectivity index (χ0n) is 14.8. The second-order valence-corrected chi connectivity index (χ2v) is 6.96. The van der Waals surface area contributed by atoms with Crippen molar-refractivity contribution in [3.8, 4) is 0 Å². The molecular formula is C18H16ClN3O5S. The number of aromatic nitrogens is 2. The predicted molar refractivity (Wildman–Crippen MR) is 105 cm³/mol. The van der Waals surface area contributed by atoms with E-state index in [-0.39, 0.29) is 24.5 Å². The monoisotopic (exact) mass is 421 g/mol. The third-order valence-corrected chi connectivity index (χ3v) is 4.84. The van der Waals surface area contributed by atoms with Gasteiger partial charge in [0.1, 0.15) is 5.76 Å². The van der Waals surface area contributed by atoms with Gasteiger partial charge in [-0.05, 0) is 37.3 Å². The lowest BCUT2D eigenvalue weighted by molar-refractivity contribution is -0.117. The van der Waals surface area contributed by atoms with Crippen LogP contribution in [0.5, 0.6) is 0 Å². The van der Waals surface area contributed by atoms with Crippen molar-refractivity contribution in [3.63, 3.8) is 0 Å². The maximum atomic E-state index is 12.9. The normalized spacial score (nSPS) is 10.8.